The Hall–Kier alpha value is -2.51. The second kappa shape index (κ2) is 7.62. The number of aromatic nitrogens is 2. The number of halogens is 5. The van der Waals surface area contributed by atoms with Gasteiger partial charge in [-0.3, -0.25) is 9.48 Å². The van der Waals surface area contributed by atoms with Gasteiger partial charge in [0.25, 0.3) is 5.91 Å². The van der Waals surface area contributed by atoms with Gasteiger partial charge in [-0.15, -0.1) is 0 Å². The molecule has 2 aromatic carbocycles. The number of nitrogens with zero attached hydrogens (tertiary/aromatic N) is 2. The third kappa shape index (κ3) is 4.61. The van der Waals surface area contributed by atoms with Crippen LogP contribution in [-0.2, 0) is 12.7 Å². The molecule has 0 bridgehead atoms. The molecule has 3 aromatic rings. The highest BCUT2D eigenvalue weighted by molar-refractivity contribution is 6.44. The van der Waals surface area contributed by atoms with E-state index in [2.05, 4.69) is 10.4 Å². The molecule has 4 nitrogen and oxygen atoms in total. The van der Waals surface area contributed by atoms with Crippen LogP contribution in [0.2, 0.25) is 10.0 Å². The summed E-state index contributed by atoms with van der Waals surface area (Å²) in [6, 6.07) is 9.66. The van der Waals surface area contributed by atoms with Crippen molar-refractivity contribution < 1.29 is 18.0 Å². The highest BCUT2D eigenvalue weighted by Crippen LogP contribution is 2.30. The number of rotatable bonds is 4. The third-order valence-corrected chi connectivity index (χ3v) is 4.51. The second-order valence-electron chi connectivity index (χ2n) is 5.68. The first-order valence-electron chi connectivity index (χ1n) is 7.68. The minimum Gasteiger partial charge on any atom is -0.319 e. The Morgan fingerprint density at radius 2 is 1.89 bits per heavy atom. The van der Waals surface area contributed by atoms with Crippen LogP contribution in [0, 0.1) is 0 Å². The quantitative estimate of drug-likeness (QED) is 0.612. The Kier molecular flexibility index (Phi) is 5.43. The van der Waals surface area contributed by atoms with Crippen molar-refractivity contribution in [3.63, 3.8) is 0 Å². The maximum atomic E-state index is 12.8. The molecule has 3 rings (SSSR count). The maximum Gasteiger partial charge on any atom is 0.416 e. The molecule has 0 spiro atoms. The van der Waals surface area contributed by atoms with E-state index in [4.69, 9.17) is 23.2 Å². The van der Waals surface area contributed by atoms with Crippen molar-refractivity contribution in [3.05, 3.63) is 81.6 Å². The summed E-state index contributed by atoms with van der Waals surface area (Å²) in [6.07, 6.45) is -1.50. The van der Waals surface area contributed by atoms with Crippen molar-refractivity contribution in [3.8, 4) is 0 Å². The zero-order valence-corrected chi connectivity index (χ0v) is 15.1. The normalized spacial score (nSPS) is 11.4. The van der Waals surface area contributed by atoms with Gasteiger partial charge in [-0.2, -0.15) is 18.3 Å². The van der Waals surface area contributed by atoms with E-state index in [0.29, 0.717) is 11.3 Å². The predicted octanol–water partition coefficient (Wildman–Crippen LogP) is 5.51. The van der Waals surface area contributed by atoms with E-state index in [-0.39, 0.29) is 22.2 Å². The molecule has 0 aliphatic carbocycles. The number of nitrogens with one attached hydrogen (secondary N) is 1. The molecular weight excluding hydrogens is 402 g/mol. The lowest BCUT2D eigenvalue weighted by molar-refractivity contribution is -0.137. The molecule has 0 aliphatic heterocycles. The van der Waals surface area contributed by atoms with E-state index in [1.807, 2.05) is 0 Å². The number of benzene rings is 2. The Morgan fingerprint density at radius 1 is 1.15 bits per heavy atom. The average Bonchev–Trinajstić information content (AvgIpc) is 3.03. The molecule has 27 heavy (non-hydrogen) atoms. The SMILES string of the molecule is O=C(Nc1cnn(Cc2cccc(C(F)(F)F)c2)c1)c1cccc(Cl)c1Cl. The van der Waals surface area contributed by atoms with Crippen LogP contribution in [0.3, 0.4) is 0 Å². The highest BCUT2D eigenvalue weighted by atomic mass is 35.5. The highest BCUT2D eigenvalue weighted by Gasteiger charge is 2.30. The van der Waals surface area contributed by atoms with Crippen LogP contribution >= 0.6 is 23.2 Å². The van der Waals surface area contributed by atoms with E-state index in [1.165, 1.54) is 29.2 Å². The van der Waals surface area contributed by atoms with Gasteiger partial charge in [-0.05, 0) is 29.8 Å². The summed E-state index contributed by atoms with van der Waals surface area (Å²) in [7, 11) is 0. The number of hydrogen-bond donors (Lipinski definition) is 1. The lowest BCUT2D eigenvalue weighted by Crippen LogP contribution is -2.12. The first-order valence-corrected chi connectivity index (χ1v) is 8.43. The van der Waals surface area contributed by atoms with Crippen molar-refractivity contribution in [2.75, 3.05) is 5.32 Å². The Morgan fingerprint density at radius 3 is 2.63 bits per heavy atom. The fourth-order valence-corrected chi connectivity index (χ4v) is 2.81. The van der Waals surface area contributed by atoms with Crippen molar-refractivity contribution in [2.24, 2.45) is 0 Å². The van der Waals surface area contributed by atoms with Crippen molar-refractivity contribution in [2.45, 2.75) is 12.7 Å². The molecule has 140 valence electrons. The number of anilines is 1. The Balaban J connectivity index is 1.72. The number of carbonyl (C=O) groups excluding carboxylic acids is 1. The largest absolute Gasteiger partial charge is 0.416 e. The predicted molar refractivity (Wildman–Crippen MR) is 97.2 cm³/mol. The van der Waals surface area contributed by atoms with Crippen LogP contribution in [0.4, 0.5) is 18.9 Å². The van der Waals surface area contributed by atoms with E-state index in [9.17, 15) is 18.0 Å². The van der Waals surface area contributed by atoms with Crippen molar-refractivity contribution in [1.82, 2.24) is 9.78 Å². The second-order valence-corrected chi connectivity index (χ2v) is 6.47. The molecule has 0 unspecified atom stereocenters. The average molecular weight is 414 g/mol. The number of amides is 1. The molecule has 1 amide bonds. The molecule has 9 heteroatoms. The van der Waals surface area contributed by atoms with Gasteiger partial charge in [-0.25, -0.2) is 0 Å². The zero-order chi connectivity index (χ0) is 19.6. The number of carbonyl (C=O) groups is 1. The molecule has 1 aromatic heterocycles. The van der Waals surface area contributed by atoms with Crippen molar-refractivity contribution >= 4 is 34.8 Å². The summed E-state index contributed by atoms with van der Waals surface area (Å²) in [6.45, 7) is 0.123. The molecule has 1 heterocycles. The topological polar surface area (TPSA) is 46.9 Å². The number of alkyl halides is 3. The lowest BCUT2D eigenvalue weighted by atomic mass is 10.1. The summed E-state index contributed by atoms with van der Waals surface area (Å²) < 4.78 is 39.8. The summed E-state index contributed by atoms with van der Waals surface area (Å²) in [5, 5.41) is 7.06. The molecule has 0 fully saturated rings. The van der Waals surface area contributed by atoms with Gasteiger partial charge in [0, 0.05) is 6.20 Å². The van der Waals surface area contributed by atoms with Gasteiger partial charge in [0.05, 0.1) is 39.6 Å². The summed E-state index contributed by atoms with van der Waals surface area (Å²) in [5.74, 6) is -0.471. The van der Waals surface area contributed by atoms with Crippen molar-refractivity contribution in [1.29, 1.82) is 0 Å². The van der Waals surface area contributed by atoms with Gasteiger partial charge in [0.1, 0.15) is 0 Å². The van der Waals surface area contributed by atoms with E-state index in [1.54, 1.807) is 18.2 Å². The zero-order valence-electron chi connectivity index (χ0n) is 13.6. The van der Waals surface area contributed by atoms with Gasteiger partial charge in [0.15, 0.2) is 0 Å². The van der Waals surface area contributed by atoms with Crippen LogP contribution in [0.15, 0.2) is 54.9 Å². The first kappa shape index (κ1) is 19.3. The van der Waals surface area contributed by atoms with Crippen LogP contribution in [0.5, 0.6) is 0 Å². The molecule has 0 radical (unpaired) electrons. The molecule has 1 N–H and O–H groups in total. The monoisotopic (exact) mass is 413 g/mol. The lowest BCUT2D eigenvalue weighted by Gasteiger charge is -2.08. The third-order valence-electron chi connectivity index (χ3n) is 3.69. The Labute approximate surface area is 162 Å². The van der Waals surface area contributed by atoms with E-state index < -0.39 is 17.6 Å². The van der Waals surface area contributed by atoms with Gasteiger partial charge >= 0.3 is 6.18 Å². The standard InChI is InChI=1S/C18H12Cl2F3N3O/c19-15-6-2-5-14(16(15)20)17(27)25-13-8-24-26(10-13)9-11-3-1-4-12(7-11)18(21,22)23/h1-8,10H,9H2,(H,25,27). The number of hydrogen-bond acceptors (Lipinski definition) is 2. The van der Waals surface area contributed by atoms with Gasteiger partial charge < -0.3 is 5.32 Å². The Bertz CT molecular complexity index is 986. The van der Waals surface area contributed by atoms with Crippen LogP contribution < -0.4 is 5.32 Å². The van der Waals surface area contributed by atoms with Crippen LogP contribution in [-0.4, -0.2) is 15.7 Å². The minimum atomic E-state index is -4.41. The van der Waals surface area contributed by atoms with E-state index in [0.717, 1.165) is 12.1 Å². The van der Waals surface area contributed by atoms with Gasteiger partial charge in [0.2, 0.25) is 0 Å². The molecular formula is C18H12Cl2F3N3O. The first-order chi connectivity index (χ1) is 12.7. The smallest absolute Gasteiger partial charge is 0.319 e. The molecule has 0 atom stereocenters. The maximum absolute atomic E-state index is 12.8. The van der Waals surface area contributed by atoms with Crippen LogP contribution in [0.25, 0.3) is 0 Å². The summed E-state index contributed by atoms with van der Waals surface area (Å²) >= 11 is 11.9. The summed E-state index contributed by atoms with van der Waals surface area (Å²) in [5.41, 5.74) is 0.290. The molecule has 0 saturated carbocycles. The van der Waals surface area contributed by atoms with E-state index >= 15 is 0 Å². The summed E-state index contributed by atoms with van der Waals surface area (Å²) in [4.78, 5) is 12.3. The minimum absolute atomic E-state index is 0.123. The fraction of sp³-hybridized carbons (Fsp3) is 0.111. The molecule has 0 aliphatic rings. The van der Waals surface area contributed by atoms with Gasteiger partial charge in [-0.1, -0.05) is 41.4 Å². The molecule has 0 saturated heterocycles. The van der Waals surface area contributed by atoms with Crippen LogP contribution in [0.1, 0.15) is 21.5 Å². The fourth-order valence-electron chi connectivity index (χ4n) is 2.43.